The van der Waals surface area contributed by atoms with Gasteiger partial charge in [-0.1, -0.05) is 0 Å². The number of rotatable bonds is 3. The van der Waals surface area contributed by atoms with E-state index in [1.807, 2.05) is 0 Å². The van der Waals surface area contributed by atoms with Crippen LogP contribution in [0, 0.1) is 15.5 Å². The highest BCUT2D eigenvalue weighted by molar-refractivity contribution is 5.85. The van der Waals surface area contributed by atoms with Gasteiger partial charge < -0.3 is 4.74 Å². The first kappa shape index (κ1) is 12.7. The van der Waals surface area contributed by atoms with Gasteiger partial charge in [-0.3, -0.25) is 10.1 Å². The molecule has 1 spiro atoms. The van der Waals surface area contributed by atoms with Crippen molar-refractivity contribution >= 4 is 11.7 Å². The van der Waals surface area contributed by atoms with E-state index in [0.29, 0.717) is 12.1 Å². The summed E-state index contributed by atoms with van der Waals surface area (Å²) in [6, 6.07) is 5.90. The summed E-state index contributed by atoms with van der Waals surface area (Å²) in [7, 11) is 1.32. The van der Waals surface area contributed by atoms with Crippen molar-refractivity contribution in [3.8, 4) is 0 Å². The number of hydrogen-bond acceptors (Lipinski definition) is 6. The van der Waals surface area contributed by atoms with E-state index in [-0.39, 0.29) is 11.1 Å². The number of nitro groups is 1. The smallest absolute Gasteiger partial charge is 0.341 e. The van der Waals surface area contributed by atoms with Crippen molar-refractivity contribution < 1.29 is 14.5 Å². The second kappa shape index (κ2) is 4.09. The number of azo groups is 1. The number of methoxy groups -OCH3 is 1. The van der Waals surface area contributed by atoms with Crippen molar-refractivity contribution in [1.29, 1.82) is 0 Å². The molecule has 104 valence electrons. The molecule has 0 N–H and O–H groups in total. The summed E-state index contributed by atoms with van der Waals surface area (Å²) in [5, 5.41) is 18.9. The molecular weight excluding hydrogens is 262 g/mol. The molecule has 2 aliphatic rings. The molecule has 1 aliphatic carbocycles. The monoisotopic (exact) mass is 275 g/mol. The van der Waals surface area contributed by atoms with Crippen molar-refractivity contribution in [2.45, 2.75) is 18.4 Å². The lowest BCUT2D eigenvalue weighted by Gasteiger charge is -2.29. The topological polar surface area (TPSA) is 94.2 Å². The number of carbonyl (C=O) groups is 1. The van der Waals surface area contributed by atoms with E-state index in [1.54, 1.807) is 12.1 Å². The number of carbonyl (C=O) groups excluding carboxylic acids is 1. The van der Waals surface area contributed by atoms with E-state index in [1.165, 1.54) is 19.2 Å². The van der Waals surface area contributed by atoms with Crippen molar-refractivity contribution in [2.24, 2.45) is 15.6 Å². The lowest BCUT2D eigenvalue weighted by molar-refractivity contribution is -0.384. The largest absolute Gasteiger partial charge is 0.467 e. The lowest BCUT2D eigenvalue weighted by Crippen LogP contribution is -2.42. The molecule has 1 unspecified atom stereocenters. The molecule has 3 rings (SSSR count). The zero-order valence-corrected chi connectivity index (χ0v) is 10.9. The molecule has 7 nitrogen and oxygen atoms in total. The number of nitrogens with zero attached hydrogens (tertiary/aromatic N) is 3. The van der Waals surface area contributed by atoms with Crippen LogP contribution in [0.3, 0.4) is 0 Å². The Balaban J connectivity index is 2.09. The van der Waals surface area contributed by atoms with Gasteiger partial charge >= 0.3 is 5.97 Å². The van der Waals surface area contributed by atoms with Crippen LogP contribution in [-0.4, -0.2) is 24.5 Å². The fraction of sp³-hybridized carbons (Fsp3) is 0.462. The van der Waals surface area contributed by atoms with Crippen LogP contribution in [0.1, 0.15) is 18.4 Å². The number of nitro benzene ring substituents is 1. The van der Waals surface area contributed by atoms with Gasteiger partial charge in [-0.2, -0.15) is 10.2 Å². The summed E-state index contributed by atoms with van der Waals surface area (Å²) < 4.78 is 4.92. The minimum atomic E-state index is -1.14. The Morgan fingerprint density at radius 2 is 2.00 bits per heavy atom. The predicted octanol–water partition coefficient (Wildman–Crippen LogP) is 2.21. The number of hydrogen-bond donors (Lipinski definition) is 0. The van der Waals surface area contributed by atoms with E-state index >= 15 is 0 Å². The first-order chi connectivity index (χ1) is 9.56. The second-order valence-electron chi connectivity index (χ2n) is 5.19. The van der Waals surface area contributed by atoms with E-state index in [2.05, 4.69) is 10.2 Å². The zero-order valence-electron chi connectivity index (χ0n) is 10.9. The Hall–Kier alpha value is -2.31. The van der Waals surface area contributed by atoms with Crippen LogP contribution in [0.25, 0.3) is 0 Å². The van der Waals surface area contributed by atoms with Crippen molar-refractivity contribution in [1.82, 2.24) is 0 Å². The van der Waals surface area contributed by atoms with Crippen LogP contribution in [0.5, 0.6) is 0 Å². The average Bonchev–Trinajstić information content (AvgIpc) is 3.13. The molecule has 0 aromatic heterocycles. The van der Waals surface area contributed by atoms with Crippen molar-refractivity contribution in [2.75, 3.05) is 13.7 Å². The molecule has 1 aliphatic heterocycles. The molecule has 1 heterocycles. The summed E-state index contributed by atoms with van der Waals surface area (Å²) in [4.78, 5) is 22.5. The van der Waals surface area contributed by atoms with Gasteiger partial charge in [-0.05, 0) is 30.5 Å². The summed E-state index contributed by atoms with van der Waals surface area (Å²) in [6.07, 6.45) is 1.71. The average molecular weight is 275 g/mol. The maximum Gasteiger partial charge on any atom is 0.341 e. The van der Waals surface area contributed by atoms with Crippen LogP contribution < -0.4 is 0 Å². The second-order valence-corrected chi connectivity index (χ2v) is 5.19. The first-order valence-electron chi connectivity index (χ1n) is 6.28. The summed E-state index contributed by atoms with van der Waals surface area (Å²) in [5.41, 5.74) is -0.866. The van der Waals surface area contributed by atoms with Crippen LogP contribution in [0.4, 0.5) is 5.69 Å². The molecule has 20 heavy (non-hydrogen) atoms. The van der Waals surface area contributed by atoms with Gasteiger partial charge in [0, 0.05) is 17.5 Å². The molecule has 0 amide bonds. The van der Waals surface area contributed by atoms with E-state index in [0.717, 1.165) is 12.8 Å². The molecule has 0 radical (unpaired) electrons. The maximum absolute atomic E-state index is 12.3. The van der Waals surface area contributed by atoms with Gasteiger partial charge in [-0.15, -0.1) is 0 Å². The molecule has 0 saturated heterocycles. The summed E-state index contributed by atoms with van der Waals surface area (Å²) >= 11 is 0. The molecule has 1 aromatic carbocycles. The third kappa shape index (κ3) is 1.49. The third-order valence-corrected chi connectivity index (χ3v) is 4.19. The Morgan fingerprint density at radius 3 is 2.50 bits per heavy atom. The molecule has 1 fully saturated rings. The molecule has 1 aromatic rings. The quantitative estimate of drug-likeness (QED) is 0.480. The fourth-order valence-corrected chi connectivity index (χ4v) is 2.88. The van der Waals surface area contributed by atoms with E-state index in [9.17, 15) is 14.9 Å². The van der Waals surface area contributed by atoms with Crippen LogP contribution in [-0.2, 0) is 15.1 Å². The first-order valence-corrected chi connectivity index (χ1v) is 6.28. The normalized spacial score (nSPS) is 25.6. The van der Waals surface area contributed by atoms with Gasteiger partial charge in [0.2, 0.25) is 5.54 Å². The van der Waals surface area contributed by atoms with Gasteiger partial charge in [-0.25, -0.2) is 4.79 Å². The molecule has 1 atom stereocenters. The number of ether oxygens (including phenoxy) is 1. The lowest BCUT2D eigenvalue weighted by atomic mass is 9.76. The highest BCUT2D eigenvalue weighted by atomic mass is 16.6. The van der Waals surface area contributed by atoms with Gasteiger partial charge in [0.1, 0.15) is 0 Å². The zero-order chi connectivity index (χ0) is 14.4. The fourth-order valence-electron chi connectivity index (χ4n) is 2.88. The molecule has 0 bridgehead atoms. The highest BCUT2D eigenvalue weighted by Gasteiger charge is 2.68. The van der Waals surface area contributed by atoms with Crippen LogP contribution in [0.15, 0.2) is 34.5 Å². The Kier molecular flexibility index (Phi) is 2.60. The standard InChI is InChI=1S/C13H13N3O4/c1-20-11(17)13(12(6-7-12)8-14-15-13)9-2-4-10(5-3-9)16(18)19/h2-5H,6-8H2,1H3. The minimum absolute atomic E-state index is 0.0199. The molecule has 1 saturated carbocycles. The molecular formula is C13H13N3O4. The number of benzene rings is 1. The van der Waals surface area contributed by atoms with Crippen molar-refractivity contribution in [3.63, 3.8) is 0 Å². The predicted molar refractivity (Wildman–Crippen MR) is 68.2 cm³/mol. The van der Waals surface area contributed by atoms with Gasteiger partial charge in [0.05, 0.1) is 18.6 Å². The van der Waals surface area contributed by atoms with Crippen molar-refractivity contribution in [3.05, 3.63) is 39.9 Å². The Labute approximate surface area is 114 Å². The Bertz CT molecular complexity index is 607. The SMILES string of the molecule is COC(=O)C1(c2ccc([N+](=O)[O-])cc2)N=NCC12CC2. The molecule has 7 heteroatoms. The maximum atomic E-state index is 12.3. The van der Waals surface area contributed by atoms with Crippen LogP contribution >= 0.6 is 0 Å². The van der Waals surface area contributed by atoms with Crippen LogP contribution in [0.2, 0.25) is 0 Å². The van der Waals surface area contributed by atoms with E-state index in [4.69, 9.17) is 4.74 Å². The Morgan fingerprint density at radius 1 is 1.35 bits per heavy atom. The van der Waals surface area contributed by atoms with E-state index < -0.39 is 16.4 Å². The highest BCUT2D eigenvalue weighted by Crippen LogP contribution is 2.63. The van der Waals surface area contributed by atoms with Gasteiger partial charge in [0.25, 0.3) is 5.69 Å². The third-order valence-electron chi connectivity index (χ3n) is 4.19. The summed E-state index contributed by atoms with van der Waals surface area (Å²) in [5.74, 6) is -0.454. The number of non-ortho nitro benzene ring substituents is 1. The van der Waals surface area contributed by atoms with Gasteiger partial charge in [0.15, 0.2) is 0 Å². The summed E-state index contributed by atoms with van der Waals surface area (Å²) in [6.45, 7) is 0.499. The number of esters is 1. The minimum Gasteiger partial charge on any atom is -0.467 e.